The highest BCUT2D eigenvalue weighted by Gasteiger charge is 2.37. The van der Waals surface area contributed by atoms with Crippen LogP contribution < -0.4 is 4.74 Å². The first-order valence-corrected chi connectivity index (χ1v) is 11.0. The number of carbonyl (C=O) groups excluding carboxylic acids is 4. The van der Waals surface area contributed by atoms with Crippen LogP contribution >= 0.6 is 35.0 Å². The molecular weight excluding hydrogens is 469 g/mol. The number of amides is 2. The lowest BCUT2D eigenvalue weighted by Gasteiger charge is -2.14. The molecule has 0 aromatic heterocycles. The molecule has 1 aromatic carbocycles. The van der Waals surface area contributed by atoms with Crippen molar-refractivity contribution in [2.75, 3.05) is 19.8 Å². The predicted octanol–water partition coefficient (Wildman–Crippen LogP) is 4.31. The largest absolute Gasteiger partial charge is 0.479 e. The molecule has 1 heterocycles. The van der Waals surface area contributed by atoms with Crippen molar-refractivity contribution in [3.8, 4) is 5.75 Å². The van der Waals surface area contributed by atoms with E-state index in [0.717, 1.165) is 4.90 Å². The number of hydrogen-bond acceptors (Lipinski definition) is 8. The Morgan fingerprint density at radius 3 is 2.39 bits per heavy atom. The van der Waals surface area contributed by atoms with Crippen LogP contribution in [0.2, 0.25) is 10.0 Å². The Kier molecular flexibility index (Phi) is 9.21. The zero-order valence-corrected chi connectivity index (χ0v) is 19.4. The molecule has 0 aliphatic carbocycles. The Morgan fingerprint density at radius 2 is 1.81 bits per heavy atom. The van der Waals surface area contributed by atoms with Gasteiger partial charge in [-0.05, 0) is 55.8 Å². The van der Waals surface area contributed by atoms with E-state index in [0.29, 0.717) is 23.7 Å². The van der Waals surface area contributed by atoms with Crippen LogP contribution in [0.3, 0.4) is 0 Å². The quantitative estimate of drug-likeness (QED) is 0.373. The fraction of sp³-hybridized carbons (Fsp3) is 0.400. The van der Waals surface area contributed by atoms with Gasteiger partial charge in [0.05, 0.1) is 27.7 Å². The molecule has 0 unspecified atom stereocenters. The summed E-state index contributed by atoms with van der Waals surface area (Å²) in [7, 11) is 0. The Bertz CT molecular complexity index is 896. The van der Waals surface area contributed by atoms with E-state index in [1.165, 1.54) is 18.2 Å². The van der Waals surface area contributed by atoms with Crippen LogP contribution in [0, 0.1) is 0 Å². The summed E-state index contributed by atoms with van der Waals surface area (Å²) in [5.74, 6) is -1.76. The lowest BCUT2D eigenvalue weighted by molar-refractivity contribution is -0.150. The lowest BCUT2D eigenvalue weighted by atomic mass is 10.2. The van der Waals surface area contributed by atoms with E-state index < -0.39 is 29.6 Å². The second-order valence-electron chi connectivity index (χ2n) is 6.38. The smallest absolute Gasteiger partial charge is 0.344 e. The number of ether oxygens (including phenoxy) is 3. The summed E-state index contributed by atoms with van der Waals surface area (Å²) in [4.78, 5) is 49.0. The van der Waals surface area contributed by atoms with Gasteiger partial charge in [0.25, 0.3) is 11.1 Å². The van der Waals surface area contributed by atoms with Gasteiger partial charge in [0, 0.05) is 0 Å². The third-order valence-electron chi connectivity index (χ3n) is 4.03. The van der Waals surface area contributed by atoms with Gasteiger partial charge < -0.3 is 14.2 Å². The summed E-state index contributed by atoms with van der Waals surface area (Å²) < 4.78 is 15.2. The molecule has 1 saturated heterocycles. The van der Waals surface area contributed by atoms with Crippen LogP contribution in [-0.4, -0.2) is 53.8 Å². The minimum absolute atomic E-state index is 0.0921. The van der Waals surface area contributed by atoms with Gasteiger partial charge in [-0.2, -0.15) is 0 Å². The van der Waals surface area contributed by atoms with Gasteiger partial charge in [0.15, 0.2) is 12.4 Å². The second-order valence-corrected chi connectivity index (χ2v) is 8.19. The Labute approximate surface area is 193 Å². The third-order valence-corrected chi connectivity index (χ3v) is 5.50. The van der Waals surface area contributed by atoms with Crippen LogP contribution in [0.25, 0.3) is 6.08 Å². The number of rotatable bonds is 9. The van der Waals surface area contributed by atoms with Crippen molar-refractivity contribution < 1.29 is 33.4 Å². The molecular formula is C20H21Cl2NO7S. The van der Waals surface area contributed by atoms with Crippen LogP contribution in [0.1, 0.15) is 32.8 Å². The minimum Gasteiger partial charge on any atom is -0.479 e. The molecule has 8 nitrogen and oxygen atoms in total. The standard InChI is InChI=1S/C20H21Cl2NO7S/c1-4-11(3)30-16(24)9-23-19(26)15(31-20(23)27)8-12-6-13(21)18(14(22)7-12)29-10-17(25)28-5-2/h6-8,11H,4-5,9-10H2,1-3H3/b15-8-/t11-/m1/s1. The maximum absolute atomic E-state index is 12.6. The molecule has 0 radical (unpaired) electrons. The molecule has 11 heteroatoms. The first-order valence-electron chi connectivity index (χ1n) is 9.38. The molecule has 1 aliphatic rings. The molecule has 1 aliphatic heterocycles. The topological polar surface area (TPSA) is 99.2 Å². The highest BCUT2D eigenvalue weighted by Crippen LogP contribution is 2.37. The molecule has 0 saturated carbocycles. The lowest BCUT2D eigenvalue weighted by Crippen LogP contribution is -2.35. The fourth-order valence-corrected chi connectivity index (χ4v) is 3.85. The van der Waals surface area contributed by atoms with Crippen molar-refractivity contribution in [3.63, 3.8) is 0 Å². The summed E-state index contributed by atoms with van der Waals surface area (Å²) in [5, 5.41) is -0.359. The van der Waals surface area contributed by atoms with E-state index in [4.69, 9.17) is 37.4 Å². The first-order chi connectivity index (χ1) is 14.7. The fourth-order valence-electron chi connectivity index (χ4n) is 2.40. The summed E-state index contributed by atoms with van der Waals surface area (Å²) >= 11 is 13.1. The van der Waals surface area contributed by atoms with Gasteiger partial charge in [0.1, 0.15) is 6.54 Å². The normalized spacial score (nSPS) is 15.9. The van der Waals surface area contributed by atoms with Crippen molar-refractivity contribution >= 4 is 64.1 Å². The van der Waals surface area contributed by atoms with Gasteiger partial charge in [-0.15, -0.1) is 0 Å². The summed E-state index contributed by atoms with van der Waals surface area (Å²) in [6.07, 6.45) is 1.74. The zero-order chi connectivity index (χ0) is 23.1. The number of hydrogen-bond donors (Lipinski definition) is 0. The molecule has 1 fully saturated rings. The second kappa shape index (κ2) is 11.4. The van der Waals surface area contributed by atoms with Crippen molar-refractivity contribution in [3.05, 3.63) is 32.6 Å². The van der Waals surface area contributed by atoms with Gasteiger partial charge in [-0.1, -0.05) is 30.1 Å². The van der Waals surface area contributed by atoms with E-state index in [1.54, 1.807) is 13.8 Å². The maximum Gasteiger partial charge on any atom is 0.344 e. The number of carbonyl (C=O) groups is 4. The predicted molar refractivity (Wildman–Crippen MR) is 117 cm³/mol. The number of nitrogens with zero attached hydrogens (tertiary/aromatic N) is 1. The van der Waals surface area contributed by atoms with E-state index in [9.17, 15) is 19.2 Å². The third kappa shape index (κ3) is 6.88. The Morgan fingerprint density at radius 1 is 1.16 bits per heavy atom. The summed E-state index contributed by atoms with van der Waals surface area (Å²) in [6, 6.07) is 2.94. The van der Waals surface area contributed by atoms with Gasteiger partial charge in [-0.25, -0.2) is 4.79 Å². The Balaban J connectivity index is 2.12. The first kappa shape index (κ1) is 25.0. The molecule has 168 valence electrons. The molecule has 2 amide bonds. The molecule has 1 atom stereocenters. The number of benzene rings is 1. The molecule has 0 spiro atoms. The summed E-state index contributed by atoms with van der Waals surface area (Å²) in [6.45, 7) is 4.63. The molecule has 2 rings (SSSR count). The van der Waals surface area contributed by atoms with Crippen molar-refractivity contribution in [2.45, 2.75) is 33.3 Å². The highest BCUT2D eigenvalue weighted by molar-refractivity contribution is 8.18. The number of imide groups is 1. The Hall–Kier alpha value is -2.23. The molecule has 0 bridgehead atoms. The van der Waals surface area contributed by atoms with Crippen molar-refractivity contribution in [2.24, 2.45) is 0 Å². The molecule has 0 N–H and O–H groups in total. The van der Waals surface area contributed by atoms with Crippen molar-refractivity contribution in [1.29, 1.82) is 0 Å². The monoisotopic (exact) mass is 489 g/mol. The SMILES string of the molecule is CCOC(=O)COc1c(Cl)cc(/C=C2\SC(=O)N(CC(=O)O[C@H](C)CC)C2=O)cc1Cl. The molecule has 1 aromatic rings. The summed E-state index contributed by atoms with van der Waals surface area (Å²) in [5.41, 5.74) is 0.436. The van der Waals surface area contributed by atoms with Crippen molar-refractivity contribution in [1.82, 2.24) is 4.90 Å². The number of thioether (sulfide) groups is 1. The van der Waals surface area contributed by atoms with E-state index >= 15 is 0 Å². The van der Waals surface area contributed by atoms with Crippen LogP contribution in [-0.2, 0) is 23.9 Å². The average Bonchev–Trinajstić information content (AvgIpc) is 2.94. The number of esters is 2. The van der Waals surface area contributed by atoms with Gasteiger partial charge in [-0.3, -0.25) is 19.3 Å². The minimum atomic E-state index is -0.660. The van der Waals surface area contributed by atoms with Crippen LogP contribution in [0.5, 0.6) is 5.75 Å². The van der Waals surface area contributed by atoms with Gasteiger partial charge in [0.2, 0.25) is 0 Å². The molecule has 31 heavy (non-hydrogen) atoms. The highest BCUT2D eigenvalue weighted by atomic mass is 35.5. The zero-order valence-electron chi connectivity index (χ0n) is 17.1. The van der Waals surface area contributed by atoms with E-state index in [2.05, 4.69) is 0 Å². The van der Waals surface area contributed by atoms with E-state index in [1.807, 2.05) is 6.92 Å². The average molecular weight is 490 g/mol. The van der Waals surface area contributed by atoms with Crippen LogP contribution in [0.15, 0.2) is 17.0 Å². The van der Waals surface area contributed by atoms with Gasteiger partial charge >= 0.3 is 11.9 Å². The van der Waals surface area contributed by atoms with E-state index in [-0.39, 0.29) is 40.0 Å². The maximum atomic E-state index is 12.6. The number of halogens is 2. The van der Waals surface area contributed by atoms with Crippen LogP contribution in [0.4, 0.5) is 4.79 Å².